The average molecular weight is 426 g/mol. The van der Waals surface area contributed by atoms with Gasteiger partial charge in [-0.05, 0) is 48.4 Å². The number of benzene rings is 3. The number of hydrogen-bond acceptors (Lipinski definition) is 3. The van der Waals surface area contributed by atoms with Crippen molar-refractivity contribution < 1.29 is 18.0 Å². The van der Waals surface area contributed by atoms with E-state index in [2.05, 4.69) is 4.98 Å². The molecule has 7 heteroatoms. The minimum atomic E-state index is -4.45. The van der Waals surface area contributed by atoms with Gasteiger partial charge in [-0.3, -0.25) is 9.69 Å². The van der Waals surface area contributed by atoms with E-state index in [0.29, 0.717) is 5.13 Å². The zero-order valence-electron chi connectivity index (χ0n) is 16.0. The molecule has 0 fully saturated rings. The Balaban J connectivity index is 1.74. The number of para-hydroxylation sites is 1. The van der Waals surface area contributed by atoms with Gasteiger partial charge in [0.05, 0.1) is 22.3 Å². The topological polar surface area (TPSA) is 33.2 Å². The summed E-state index contributed by atoms with van der Waals surface area (Å²) in [5.74, 6) is -0.399. The van der Waals surface area contributed by atoms with Crippen molar-refractivity contribution in [3.05, 3.63) is 95.1 Å². The monoisotopic (exact) mass is 426 g/mol. The molecule has 4 rings (SSSR count). The molecule has 0 aliphatic heterocycles. The summed E-state index contributed by atoms with van der Waals surface area (Å²) < 4.78 is 39.6. The number of thiazole rings is 1. The lowest BCUT2D eigenvalue weighted by Gasteiger charge is -2.20. The summed E-state index contributed by atoms with van der Waals surface area (Å²) in [6.07, 6.45) is -4.45. The van der Waals surface area contributed by atoms with E-state index in [-0.39, 0.29) is 12.1 Å². The van der Waals surface area contributed by atoms with Crippen LogP contribution in [0.2, 0.25) is 0 Å². The molecule has 4 aromatic rings. The van der Waals surface area contributed by atoms with Crippen LogP contribution < -0.4 is 4.90 Å². The third-order valence-corrected chi connectivity index (χ3v) is 5.77. The SMILES string of the molecule is Cc1cccc2sc(N(Cc3ccccc3)C(=O)c3ccc(C(F)(F)F)cc3)nc12. The van der Waals surface area contributed by atoms with Crippen molar-refractivity contribution in [2.45, 2.75) is 19.6 Å². The first-order chi connectivity index (χ1) is 14.3. The number of amides is 1. The molecule has 0 saturated carbocycles. The lowest BCUT2D eigenvalue weighted by atomic mass is 10.1. The molecular weight excluding hydrogens is 409 g/mol. The zero-order chi connectivity index (χ0) is 21.3. The molecule has 152 valence electrons. The molecule has 3 nitrogen and oxygen atoms in total. The molecule has 1 aromatic heterocycles. The van der Waals surface area contributed by atoms with E-state index in [1.165, 1.54) is 28.4 Å². The highest BCUT2D eigenvalue weighted by atomic mass is 32.1. The van der Waals surface area contributed by atoms with Crippen molar-refractivity contribution in [3.8, 4) is 0 Å². The first kappa shape index (κ1) is 20.1. The van der Waals surface area contributed by atoms with E-state index in [1.807, 2.05) is 55.5 Å². The summed E-state index contributed by atoms with van der Waals surface area (Å²) in [4.78, 5) is 19.5. The quantitative estimate of drug-likeness (QED) is 0.375. The summed E-state index contributed by atoms with van der Waals surface area (Å²) >= 11 is 1.38. The number of aromatic nitrogens is 1. The third kappa shape index (κ3) is 4.07. The van der Waals surface area contributed by atoms with Crippen LogP contribution >= 0.6 is 11.3 Å². The molecule has 0 saturated heterocycles. The van der Waals surface area contributed by atoms with Gasteiger partial charge in [0, 0.05) is 5.56 Å². The number of fused-ring (bicyclic) bond motifs is 1. The van der Waals surface area contributed by atoms with Crippen LogP contribution in [0.5, 0.6) is 0 Å². The Morgan fingerprint density at radius 1 is 0.967 bits per heavy atom. The fraction of sp³-hybridized carbons (Fsp3) is 0.130. The predicted molar refractivity (Wildman–Crippen MR) is 113 cm³/mol. The number of hydrogen-bond donors (Lipinski definition) is 0. The Hall–Kier alpha value is -3.19. The van der Waals surface area contributed by atoms with E-state index >= 15 is 0 Å². The Labute approximate surface area is 175 Å². The van der Waals surface area contributed by atoms with E-state index in [0.717, 1.165) is 33.5 Å². The number of carbonyl (C=O) groups is 1. The van der Waals surface area contributed by atoms with E-state index in [1.54, 1.807) is 0 Å². The van der Waals surface area contributed by atoms with Gasteiger partial charge in [-0.1, -0.05) is 53.8 Å². The number of carbonyl (C=O) groups excluding carboxylic acids is 1. The number of nitrogens with zero attached hydrogens (tertiary/aromatic N) is 2. The van der Waals surface area contributed by atoms with Crippen LogP contribution in [0.4, 0.5) is 18.3 Å². The number of aryl methyl sites for hydroxylation is 1. The summed E-state index contributed by atoms with van der Waals surface area (Å²) in [6, 6.07) is 19.5. The van der Waals surface area contributed by atoms with Gasteiger partial charge in [-0.25, -0.2) is 4.98 Å². The normalized spacial score (nSPS) is 11.6. The third-order valence-electron chi connectivity index (χ3n) is 4.73. The van der Waals surface area contributed by atoms with Gasteiger partial charge in [0.15, 0.2) is 5.13 Å². The van der Waals surface area contributed by atoms with Gasteiger partial charge in [-0.2, -0.15) is 13.2 Å². The average Bonchev–Trinajstić information content (AvgIpc) is 3.17. The standard InChI is InChI=1S/C23H17F3N2OS/c1-15-6-5-9-19-20(15)27-22(30-19)28(14-16-7-3-2-4-8-16)21(29)17-10-12-18(13-11-17)23(24,25)26/h2-13H,14H2,1H3. The predicted octanol–water partition coefficient (Wildman–Crippen LogP) is 6.47. The molecule has 0 radical (unpaired) electrons. The largest absolute Gasteiger partial charge is 0.416 e. The van der Waals surface area contributed by atoms with Gasteiger partial charge in [0.1, 0.15) is 0 Å². The number of alkyl halides is 3. The minimum Gasteiger partial charge on any atom is -0.279 e. The van der Waals surface area contributed by atoms with E-state index < -0.39 is 17.6 Å². The van der Waals surface area contributed by atoms with Crippen molar-refractivity contribution in [1.82, 2.24) is 4.98 Å². The maximum atomic E-state index is 13.3. The van der Waals surface area contributed by atoms with Crippen LogP contribution in [0.15, 0.2) is 72.8 Å². The maximum absolute atomic E-state index is 13.3. The Morgan fingerprint density at radius 2 is 1.67 bits per heavy atom. The fourth-order valence-corrected chi connectivity index (χ4v) is 4.18. The lowest BCUT2D eigenvalue weighted by molar-refractivity contribution is -0.137. The highest BCUT2D eigenvalue weighted by Gasteiger charge is 2.31. The molecular formula is C23H17F3N2OS. The second-order valence-electron chi connectivity index (χ2n) is 6.87. The Morgan fingerprint density at radius 3 is 2.30 bits per heavy atom. The summed E-state index contributed by atoms with van der Waals surface area (Å²) in [5, 5.41) is 0.507. The molecule has 0 unspecified atom stereocenters. The molecule has 0 aliphatic carbocycles. The van der Waals surface area contributed by atoms with Crippen LogP contribution in [-0.2, 0) is 12.7 Å². The highest BCUT2D eigenvalue weighted by Crippen LogP contribution is 2.33. The molecule has 0 aliphatic rings. The minimum absolute atomic E-state index is 0.176. The lowest BCUT2D eigenvalue weighted by Crippen LogP contribution is -2.30. The number of rotatable bonds is 4. The number of halogens is 3. The van der Waals surface area contributed by atoms with Crippen molar-refractivity contribution in [3.63, 3.8) is 0 Å². The Kier molecular flexibility index (Phi) is 5.30. The van der Waals surface area contributed by atoms with Gasteiger partial charge < -0.3 is 0 Å². The first-order valence-corrected chi connectivity index (χ1v) is 10.0. The van der Waals surface area contributed by atoms with Crippen LogP contribution in [0.3, 0.4) is 0 Å². The molecule has 30 heavy (non-hydrogen) atoms. The van der Waals surface area contributed by atoms with Crippen molar-refractivity contribution in [2.24, 2.45) is 0 Å². The zero-order valence-corrected chi connectivity index (χ0v) is 16.8. The number of anilines is 1. The van der Waals surface area contributed by atoms with Crippen LogP contribution in [0, 0.1) is 6.92 Å². The summed E-state index contributed by atoms with van der Waals surface area (Å²) in [6.45, 7) is 2.21. The van der Waals surface area contributed by atoms with Gasteiger partial charge in [0.25, 0.3) is 5.91 Å². The molecule has 0 atom stereocenters. The van der Waals surface area contributed by atoms with Gasteiger partial charge >= 0.3 is 6.18 Å². The second kappa shape index (κ2) is 7.91. The maximum Gasteiger partial charge on any atom is 0.416 e. The van der Waals surface area contributed by atoms with Crippen LogP contribution in [0.1, 0.15) is 27.0 Å². The van der Waals surface area contributed by atoms with Gasteiger partial charge in [-0.15, -0.1) is 0 Å². The second-order valence-corrected chi connectivity index (χ2v) is 7.88. The van der Waals surface area contributed by atoms with Crippen molar-refractivity contribution >= 4 is 32.6 Å². The molecule has 1 heterocycles. The van der Waals surface area contributed by atoms with Crippen LogP contribution in [-0.4, -0.2) is 10.9 Å². The first-order valence-electron chi connectivity index (χ1n) is 9.22. The molecule has 1 amide bonds. The van der Waals surface area contributed by atoms with Crippen molar-refractivity contribution in [1.29, 1.82) is 0 Å². The molecule has 0 N–H and O–H groups in total. The summed E-state index contributed by atoms with van der Waals surface area (Å²) in [7, 11) is 0. The van der Waals surface area contributed by atoms with E-state index in [9.17, 15) is 18.0 Å². The smallest absolute Gasteiger partial charge is 0.279 e. The van der Waals surface area contributed by atoms with Crippen molar-refractivity contribution in [2.75, 3.05) is 4.90 Å². The molecule has 0 spiro atoms. The molecule has 3 aromatic carbocycles. The summed E-state index contributed by atoms with van der Waals surface area (Å²) in [5.41, 5.74) is 2.10. The highest BCUT2D eigenvalue weighted by molar-refractivity contribution is 7.22. The van der Waals surface area contributed by atoms with E-state index in [4.69, 9.17) is 0 Å². The van der Waals surface area contributed by atoms with Crippen LogP contribution in [0.25, 0.3) is 10.2 Å². The fourth-order valence-electron chi connectivity index (χ4n) is 3.14. The molecule has 0 bridgehead atoms. The Bertz CT molecular complexity index is 1180. The van der Waals surface area contributed by atoms with Gasteiger partial charge in [0.2, 0.25) is 0 Å².